The van der Waals surface area contributed by atoms with E-state index in [4.69, 9.17) is 19.4 Å². The summed E-state index contributed by atoms with van der Waals surface area (Å²) in [6, 6.07) is 24.1. The highest BCUT2D eigenvalue weighted by Gasteiger charge is 2.55. The van der Waals surface area contributed by atoms with Crippen molar-refractivity contribution in [3.63, 3.8) is 0 Å². The summed E-state index contributed by atoms with van der Waals surface area (Å²) < 4.78 is 10.5. The summed E-state index contributed by atoms with van der Waals surface area (Å²) in [5, 5.41) is 0. The van der Waals surface area contributed by atoms with Crippen molar-refractivity contribution < 1.29 is 19.1 Å². The van der Waals surface area contributed by atoms with Crippen molar-refractivity contribution in [3.8, 4) is 22.5 Å². The number of fused-ring (bicyclic) bond motifs is 6. The van der Waals surface area contributed by atoms with E-state index >= 15 is 0 Å². The summed E-state index contributed by atoms with van der Waals surface area (Å²) >= 11 is 0. The molecule has 184 valence electrons. The van der Waals surface area contributed by atoms with Crippen LogP contribution in [0.3, 0.4) is 0 Å². The quantitative estimate of drug-likeness (QED) is 0.345. The minimum absolute atomic E-state index is 0.111. The monoisotopic (exact) mass is 490 g/mol. The molecule has 0 radical (unpaired) electrons. The van der Waals surface area contributed by atoms with E-state index < -0.39 is 10.8 Å². The van der Waals surface area contributed by atoms with Gasteiger partial charge < -0.3 is 9.47 Å². The number of hydrogen-bond acceptors (Lipinski definition) is 6. The van der Waals surface area contributed by atoms with Gasteiger partial charge in [0.2, 0.25) is 0 Å². The molecule has 0 fully saturated rings. The summed E-state index contributed by atoms with van der Waals surface area (Å²) in [5.41, 5.74) is 6.06. The molecule has 2 aromatic carbocycles. The molecular weight excluding hydrogens is 464 g/mol. The van der Waals surface area contributed by atoms with Crippen LogP contribution in [-0.2, 0) is 29.9 Å². The number of rotatable bonds is 6. The van der Waals surface area contributed by atoms with Gasteiger partial charge in [-0.25, -0.2) is 0 Å². The number of pyridine rings is 2. The molecule has 0 amide bonds. The predicted octanol–water partition coefficient (Wildman–Crippen LogP) is 5.23. The summed E-state index contributed by atoms with van der Waals surface area (Å²) in [7, 11) is 2.82. The Morgan fingerprint density at radius 1 is 0.622 bits per heavy atom. The van der Waals surface area contributed by atoms with Gasteiger partial charge >= 0.3 is 11.9 Å². The maximum Gasteiger partial charge on any atom is 0.306 e. The molecule has 0 bridgehead atoms. The zero-order valence-corrected chi connectivity index (χ0v) is 20.7. The molecule has 2 atom stereocenters. The van der Waals surface area contributed by atoms with Crippen molar-refractivity contribution in [2.45, 2.75) is 30.1 Å². The molecule has 0 spiro atoms. The molecule has 0 saturated carbocycles. The Hall–Kier alpha value is -4.32. The van der Waals surface area contributed by atoms with Crippen LogP contribution in [0.15, 0.2) is 85.2 Å². The van der Waals surface area contributed by atoms with Gasteiger partial charge in [0.1, 0.15) is 0 Å². The third-order valence-corrected chi connectivity index (χ3v) is 7.99. The lowest BCUT2D eigenvalue weighted by atomic mass is 9.60. The fourth-order valence-corrected chi connectivity index (χ4v) is 6.56. The zero-order valence-electron chi connectivity index (χ0n) is 20.7. The summed E-state index contributed by atoms with van der Waals surface area (Å²) in [6.07, 6.45) is 4.21. The first kappa shape index (κ1) is 23.1. The van der Waals surface area contributed by atoms with Crippen LogP contribution in [0.1, 0.15) is 41.5 Å². The Morgan fingerprint density at radius 2 is 1.03 bits per heavy atom. The molecule has 0 saturated heterocycles. The third kappa shape index (κ3) is 3.32. The van der Waals surface area contributed by atoms with Crippen molar-refractivity contribution >= 4 is 11.9 Å². The Morgan fingerprint density at radius 3 is 1.46 bits per heavy atom. The van der Waals surface area contributed by atoms with Crippen LogP contribution < -0.4 is 0 Å². The number of ether oxygens (including phenoxy) is 2. The van der Waals surface area contributed by atoms with Crippen LogP contribution in [-0.4, -0.2) is 36.1 Å². The van der Waals surface area contributed by atoms with Gasteiger partial charge in [0.25, 0.3) is 0 Å². The molecule has 37 heavy (non-hydrogen) atoms. The summed E-state index contributed by atoms with van der Waals surface area (Å²) in [4.78, 5) is 35.7. The van der Waals surface area contributed by atoms with Gasteiger partial charge in [-0.3, -0.25) is 19.6 Å². The number of aromatic nitrogens is 2. The van der Waals surface area contributed by atoms with E-state index in [-0.39, 0.29) is 24.8 Å². The second kappa shape index (κ2) is 8.66. The minimum Gasteiger partial charge on any atom is -0.469 e. The van der Waals surface area contributed by atoms with E-state index in [2.05, 4.69) is 12.1 Å². The molecule has 2 aliphatic carbocycles. The fraction of sp³-hybridized carbons (Fsp3) is 0.226. The average Bonchev–Trinajstić information content (AvgIpc) is 3.37. The van der Waals surface area contributed by atoms with Gasteiger partial charge in [-0.2, -0.15) is 0 Å². The Balaban J connectivity index is 1.67. The van der Waals surface area contributed by atoms with E-state index in [1.807, 2.05) is 60.7 Å². The van der Waals surface area contributed by atoms with Gasteiger partial charge in [0.15, 0.2) is 0 Å². The molecule has 6 nitrogen and oxygen atoms in total. The number of hydrogen-bond donors (Lipinski definition) is 0. The van der Waals surface area contributed by atoms with E-state index in [0.717, 1.165) is 44.8 Å². The normalized spacial score (nSPS) is 20.4. The molecule has 2 aromatic heterocycles. The zero-order chi connectivity index (χ0) is 25.6. The number of carbonyl (C=O) groups is 2. The van der Waals surface area contributed by atoms with Gasteiger partial charge in [-0.1, -0.05) is 60.7 Å². The van der Waals surface area contributed by atoms with Gasteiger partial charge in [0, 0.05) is 34.4 Å². The lowest BCUT2D eigenvalue weighted by molar-refractivity contribution is -0.142. The molecule has 6 heteroatoms. The Bertz CT molecular complexity index is 1340. The minimum atomic E-state index is -0.786. The van der Waals surface area contributed by atoms with Crippen LogP contribution in [0.25, 0.3) is 22.5 Å². The molecule has 2 aliphatic rings. The van der Waals surface area contributed by atoms with Gasteiger partial charge in [-0.05, 0) is 40.8 Å². The summed E-state index contributed by atoms with van der Waals surface area (Å²) in [6.45, 7) is 0. The first-order valence-corrected chi connectivity index (χ1v) is 12.3. The van der Waals surface area contributed by atoms with Crippen LogP contribution >= 0.6 is 0 Å². The molecule has 6 rings (SSSR count). The second-order valence-corrected chi connectivity index (χ2v) is 9.74. The van der Waals surface area contributed by atoms with Gasteiger partial charge in [0.05, 0.1) is 38.4 Å². The van der Waals surface area contributed by atoms with Crippen molar-refractivity contribution in [2.24, 2.45) is 0 Å². The van der Waals surface area contributed by atoms with E-state index in [9.17, 15) is 9.59 Å². The molecular formula is C31H26N2O4. The molecule has 0 aliphatic heterocycles. The van der Waals surface area contributed by atoms with E-state index in [1.54, 1.807) is 12.4 Å². The fourth-order valence-electron chi connectivity index (χ4n) is 6.56. The maximum atomic E-state index is 13.1. The summed E-state index contributed by atoms with van der Waals surface area (Å²) in [5.74, 6) is -0.644. The van der Waals surface area contributed by atoms with Crippen LogP contribution in [0.5, 0.6) is 0 Å². The van der Waals surface area contributed by atoms with Crippen molar-refractivity contribution in [1.82, 2.24) is 9.97 Å². The smallest absolute Gasteiger partial charge is 0.306 e. The van der Waals surface area contributed by atoms with Crippen LogP contribution in [0.4, 0.5) is 0 Å². The Labute approximate surface area is 215 Å². The largest absolute Gasteiger partial charge is 0.469 e. The third-order valence-electron chi connectivity index (χ3n) is 7.99. The number of nitrogens with zero attached hydrogens (tertiary/aromatic N) is 2. The van der Waals surface area contributed by atoms with E-state index in [0.29, 0.717) is 6.42 Å². The number of carbonyl (C=O) groups excluding carboxylic acids is 2. The van der Waals surface area contributed by atoms with Gasteiger partial charge in [-0.15, -0.1) is 0 Å². The van der Waals surface area contributed by atoms with Crippen LogP contribution in [0.2, 0.25) is 0 Å². The second-order valence-electron chi connectivity index (χ2n) is 9.74. The molecule has 0 N–H and O–H groups in total. The number of benzene rings is 2. The van der Waals surface area contributed by atoms with Crippen molar-refractivity contribution in [1.29, 1.82) is 0 Å². The predicted molar refractivity (Wildman–Crippen MR) is 139 cm³/mol. The highest BCUT2D eigenvalue weighted by atomic mass is 16.5. The molecule has 2 unspecified atom stereocenters. The number of methoxy groups -OCH3 is 2. The van der Waals surface area contributed by atoms with Crippen LogP contribution in [0, 0.1) is 0 Å². The first-order chi connectivity index (χ1) is 18.0. The lowest BCUT2D eigenvalue weighted by Gasteiger charge is -2.41. The highest BCUT2D eigenvalue weighted by molar-refractivity contribution is 5.86. The van der Waals surface area contributed by atoms with Crippen molar-refractivity contribution in [2.75, 3.05) is 14.2 Å². The standard InChI is InChI=1S/C31H26N2O4/c1-36-26(34)17-30(22-11-5-3-9-20(22)28-24(30)13-7-15-32-28)19-31(18-27(35)37-2)23-12-6-4-10-21(23)29-25(31)14-8-16-33-29/h3-16H,17-19H2,1-2H3. The topological polar surface area (TPSA) is 78.4 Å². The van der Waals surface area contributed by atoms with E-state index in [1.165, 1.54) is 14.2 Å². The lowest BCUT2D eigenvalue weighted by Crippen LogP contribution is -2.41. The average molecular weight is 491 g/mol. The Kier molecular flexibility index (Phi) is 5.41. The molecule has 4 aromatic rings. The van der Waals surface area contributed by atoms with Crippen molar-refractivity contribution in [3.05, 3.63) is 107 Å². The SMILES string of the molecule is COC(=O)CC1(CC2(CC(=O)OC)c3ccccc3-c3ncccc32)c2ccccc2-c2ncccc21. The maximum absolute atomic E-state index is 13.1. The first-order valence-electron chi connectivity index (χ1n) is 12.3. The molecule has 2 heterocycles. The highest BCUT2D eigenvalue weighted by Crippen LogP contribution is 2.61. The number of esters is 2.